The predicted octanol–water partition coefficient (Wildman–Crippen LogP) is 3.97. The van der Waals surface area contributed by atoms with E-state index in [0.29, 0.717) is 0 Å². The summed E-state index contributed by atoms with van der Waals surface area (Å²) in [6.07, 6.45) is 0. The zero-order chi connectivity index (χ0) is 11.8. The molecule has 3 aromatic rings. The first-order valence-corrected chi connectivity index (χ1v) is 6.22. The topological polar surface area (TPSA) is 28.7 Å². The predicted molar refractivity (Wildman–Crippen MR) is 74.2 cm³/mol. The number of hydrogen-bond acceptors (Lipinski definition) is 1. The first kappa shape index (κ1) is 10.7. The highest BCUT2D eigenvalue weighted by atomic mass is 127. The maximum atomic E-state index is 13.1. The Morgan fingerprint density at radius 2 is 1.94 bits per heavy atom. The zero-order valence-corrected chi connectivity index (χ0v) is 10.9. The fraction of sp³-hybridized carbons (Fsp3) is 0. The monoisotopic (exact) mass is 338 g/mol. The van der Waals surface area contributed by atoms with Gasteiger partial charge in [-0.2, -0.15) is 0 Å². The molecule has 2 nitrogen and oxygen atoms in total. The molecule has 4 heteroatoms. The van der Waals surface area contributed by atoms with Gasteiger partial charge in [-0.25, -0.2) is 9.37 Å². The molecule has 0 amide bonds. The van der Waals surface area contributed by atoms with Crippen LogP contribution in [0.4, 0.5) is 4.39 Å². The standard InChI is InChI=1S/C13H8FIN2/c14-8-5-6-11-12(7-8)17-13(16-11)9-3-1-2-4-10(9)15/h1-7H,(H,16,17). The molecule has 2 aromatic carbocycles. The van der Waals surface area contributed by atoms with Crippen LogP contribution in [-0.2, 0) is 0 Å². The highest BCUT2D eigenvalue weighted by Gasteiger charge is 2.08. The highest BCUT2D eigenvalue weighted by Crippen LogP contribution is 2.25. The lowest BCUT2D eigenvalue weighted by molar-refractivity contribution is 0.629. The molecular formula is C13H8FIN2. The number of aromatic amines is 1. The van der Waals surface area contributed by atoms with E-state index in [1.165, 1.54) is 12.1 Å². The van der Waals surface area contributed by atoms with Gasteiger partial charge in [0.25, 0.3) is 0 Å². The Morgan fingerprint density at radius 3 is 2.76 bits per heavy atom. The van der Waals surface area contributed by atoms with E-state index in [1.807, 2.05) is 24.3 Å². The number of nitrogens with zero attached hydrogens (tertiary/aromatic N) is 1. The number of nitrogens with one attached hydrogen (secondary N) is 1. The Labute approximate surface area is 111 Å². The number of benzene rings is 2. The largest absolute Gasteiger partial charge is 0.338 e. The second-order valence-electron chi connectivity index (χ2n) is 3.73. The van der Waals surface area contributed by atoms with Gasteiger partial charge in [-0.1, -0.05) is 18.2 Å². The Morgan fingerprint density at radius 1 is 1.12 bits per heavy atom. The third-order valence-electron chi connectivity index (χ3n) is 2.57. The van der Waals surface area contributed by atoms with E-state index < -0.39 is 0 Å². The van der Waals surface area contributed by atoms with Crippen molar-refractivity contribution in [3.8, 4) is 11.4 Å². The van der Waals surface area contributed by atoms with Crippen LogP contribution >= 0.6 is 22.6 Å². The van der Waals surface area contributed by atoms with E-state index in [2.05, 4.69) is 32.6 Å². The lowest BCUT2D eigenvalue weighted by atomic mass is 10.2. The fourth-order valence-corrected chi connectivity index (χ4v) is 2.41. The summed E-state index contributed by atoms with van der Waals surface area (Å²) in [4.78, 5) is 7.60. The molecule has 0 saturated heterocycles. The molecule has 0 spiro atoms. The van der Waals surface area contributed by atoms with Crippen molar-refractivity contribution in [1.82, 2.24) is 9.97 Å². The summed E-state index contributed by atoms with van der Waals surface area (Å²) in [5, 5.41) is 0. The number of rotatable bonds is 1. The number of halogens is 2. The van der Waals surface area contributed by atoms with E-state index >= 15 is 0 Å². The molecule has 0 fully saturated rings. The minimum atomic E-state index is -0.254. The van der Waals surface area contributed by atoms with Gasteiger partial charge in [0, 0.05) is 9.13 Å². The Hall–Kier alpha value is -1.43. The molecule has 84 valence electrons. The average Bonchev–Trinajstić information content (AvgIpc) is 2.72. The Kier molecular flexibility index (Phi) is 2.58. The van der Waals surface area contributed by atoms with Gasteiger partial charge in [0.15, 0.2) is 0 Å². The Bertz CT molecular complexity index is 691. The molecule has 0 saturated carbocycles. The third kappa shape index (κ3) is 1.93. The lowest BCUT2D eigenvalue weighted by Gasteiger charge is -1.98. The summed E-state index contributed by atoms with van der Waals surface area (Å²) < 4.78 is 14.2. The van der Waals surface area contributed by atoms with Gasteiger partial charge in [-0.3, -0.25) is 0 Å². The molecule has 0 aliphatic rings. The molecule has 0 atom stereocenters. The van der Waals surface area contributed by atoms with E-state index in [1.54, 1.807) is 6.07 Å². The quantitative estimate of drug-likeness (QED) is 0.668. The number of imidazole rings is 1. The van der Waals surface area contributed by atoms with Crippen LogP contribution in [0.25, 0.3) is 22.4 Å². The van der Waals surface area contributed by atoms with Gasteiger partial charge in [-0.15, -0.1) is 0 Å². The number of aromatic nitrogens is 2. The fourth-order valence-electron chi connectivity index (χ4n) is 1.76. The number of fused-ring (bicyclic) bond motifs is 1. The van der Waals surface area contributed by atoms with Crippen molar-refractivity contribution < 1.29 is 4.39 Å². The van der Waals surface area contributed by atoms with Crippen LogP contribution in [0, 0.1) is 9.39 Å². The second kappa shape index (κ2) is 4.10. The van der Waals surface area contributed by atoms with Crippen LogP contribution in [0.15, 0.2) is 42.5 Å². The van der Waals surface area contributed by atoms with E-state index in [-0.39, 0.29) is 5.82 Å². The van der Waals surface area contributed by atoms with Crippen LogP contribution < -0.4 is 0 Å². The van der Waals surface area contributed by atoms with Gasteiger partial charge < -0.3 is 4.98 Å². The summed E-state index contributed by atoms with van der Waals surface area (Å²) in [5.74, 6) is 0.519. The van der Waals surface area contributed by atoms with Crippen molar-refractivity contribution >= 4 is 33.6 Å². The van der Waals surface area contributed by atoms with Crippen LogP contribution in [0.3, 0.4) is 0 Å². The molecule has 17 heavy (non-hydrogen) atoms. The summed E-state index contributed by atoms with van der Waals surface area (Å²) in [6.45, 7) is 0. The highest BCUT2D eigenvalue weighted by molar-refractivity contribution is 14.1. The molecule has 1 aromatic heterocycles. The van der Waals surface area contributed by atoms with Crippen molar-refractivity contribution in [3.63, 3.8) is 0 Å². The first-order valence-electron chi connectivity index (χ1n) is 5.14. The van der Waals surface area contributed by atoms with Gasteiger partial charge in [0.2, 0.25) is 0 Å². The first-order chi connectivity index (χ1) is 8.24. The van der Waals surface area contributed by atoms with Crippen molar-refractivity contribution in [2.24, 2.45) is 0 Å². The molecular weight excluding hydrogens is 330 g/mol. The molecule has 0 aliphatic carbocycles. The zero-order valence-electron chi connectivity index (χ0n) is 8.74. The van der Waals surface area contributed by atoms with Crippen molar-refractivity contribution in [1.29, 1.82) is 0 Å². The molecule has 1 heterocycles. The SMILES string of the molecule is Fc1ccc2nc(-c3ccccc3I)[nH]c2c1. The van der Waals surface area contributed by atoms with Gasteiger partial charge in [0.05, 0.1) is 11.0 Å². The van der Waals surface area contributed by atoms with Crippen molar-refractivity contribution in [3.05, 3.63) is 51.9 Å². The Balaban J connectivity index is 2.22. The maximum absolute atomic E-state index is 13.1. The van der Waals surface area contributed by atoms with Gasteiger partial charge in [0.1, 0.15) is 11.6 Å². The van der Waals surface area contributed by atoms with Crippen LogP contribution in [0.1, 0.15) is 0 Å². The number of H-pyrrole nitrogens is 1. The van der Waals surface area contributed by atoms with E-state index in [9.17, 15) is 4.39 Å². The van der Waals surface area contributed by atoms with E-state index in [0.717, 1.165) is 26.0 Å². The maximum Gasteiger partial charge on any atom is 0.139 e. The van der Waals surface area contributed by atoms with Crippen molar-refractivity contribution in [2.75, 3.05) is 0 Å². The summed E-state index contributed by atoms with van der Waals surface area (Å²) in [7, 11) is 0. The summed E-state index contributed by atoms with van der Waals surface area (Å²) in [5.41, 5.74) is 2.53. The molecule has 0 unspecified atom stereocenters. The van der Waals surface area contributed by atoms with Crippen LogP contribution in [0.2, 0.25) is 0 Å². The molecule has 0 radical (unpaired) electrons. The van der Waals surface area contributed by atoms with E-state index in [4.69, 9.17) is 0 Å². The molecule has 0 aliphatic heterocycles. The molecule has 1 N–H and O–H groups in total. The second-order valence-corrected chi connectivity index (χ2v) is 4.89. The minimum Gasteiger partial charge on any atom is -0.338 e. The number of hydrogen-bond donors (Lipinski definition) is 1. The van der Waals surface area contributed by atoms with Gasteiger partial charge in [-0.05, 0) is 46.9 Å². The smallest absolute Gasteiger partial charge is 0.139 e. The molecule has 0 bridgehead atoms. The summed E-state index contributed by atoms with van der Waals surface area (Å²) in [6, 6.07) is 12.5. The molecule has 3 rings (SSSR count). The summed E-state index contributed by atoms with van der Waals surface area (Å²) >= 11 is 2.26. The average molecular weight is 338 g/mol. The lowest BCUT2D eigenvalue weighted by Crippen LogP contribution is -1.83. The van der Waals surface area contributed by atoms with Crippen LogP contribution in [0.5, 0.6) is 0 Å². The van der Waals surface area contributed by atoms with Crippen molar-refractivity contribution in [2.45, 2.75) is 0 Å². The third-order valence-corrected chi connectivity index (χ3v) is 3.51. The minimum absolute atomic E-state index is 0.254. The van der Waals surface area contributed by atoms with Gasteiger partial charge >= 0.3 is 0 Å². The van der Waals surface area contributed by atoms with Crippen LogP contribution in [-0.4, -0.2) is 9.97 Å². The normalized spacial score (nSPS) is 10.9.